The number of halogens is 4. The van der Waals surface area contributed by atoms with Crippen molar-refractivity contribution in [3.05, 3.63) is 34.2 Å². The Morgan fingerprint density at radius 2 is 2.00 bits per heavy atom. The molecule has 2 heterocycles. The van der Waals surface area contributed by atoms with E-state index in [1.54, 1.807) is 17.7 Å². The van der Waals surface area contributed by atoms with Crippen LogP contribution in [0.2, 0.25) is 5.02 Å². The highest BCUT2D eigenvalue weighted by molar-refractivity contribution is 6.35. The summed E-state index contributed by atoms with van der Waals surface area (Å²) in [6, 6.07) is 1.66. The second-order valence-corrected chi connectivity index (χ2v) is 6.76. The van der Waals surface area contributed by atoms with E-state index in [-0.39, 0.29) is 23.7 Å². The van der Waals surface area contributed by atoms with Crippen LogP contribution in [-0.4, -0.2) is 33.5 Å². The first-order valence-electron chi connectivity index (χ1n) is 9.12. The average molecular weight is 418 g/mol. The van der Waals surface area contributed by atoms with Gasteiger partial charge in [-0.2, -0.15) is 18.3 Å². The second-order valence-electron chi connectivity index (χ2n) is 6.38. The van der Waals surface area contributed by atoms with Crippen LogP contribution in [-0.2, 0) is 24.1 Å². The number of nitrogens with zero attached hydrogens (tertiary/aromatic N) is 3. The zero-order valence-corrected chi connectivity index (χ0v) is 17.0. The molecule has 1 atom stereocenters. The van der Waals surface area contributed by atoms with Gasteiger partial charge in [-0.3, -0.25) is 9.67 Å². The van der Waals surface area contributed by atoms with Gasteiger partial charge in [0.15, 0.2) is 5.69 Å². The highest BCUT2D eigenvalue weighted by atomic mass is 35.5. The van der Waals surface area contributed by atoms with Gasteiger partial charge >= 0.3 is 12.1 Å². The van der Waals surface area contributed by atoms with E-state index in [0.29, 0.717) is 29.9 Å². The van der Waals surface area contributed by atoms with Gasteiger partial charge < -0.3 is 4.74 Å². The zero-order chi connectivity index (χ0) is 21.1. The Kier molecular flexibility index (Phi) is 7.09. The molecule has 0 N–H and O–H groups in total. The molecule has 154 valence electrons. The van der Waals surface area contributed by atoms with Crippen molar-refractivity contribution >= 4 is 17.6 Å². The molecule has 0 aromatic carbocycles. The van der Waals surface area contributed by atoms with Gasteiger partial charge in [0.1, 0.15) is 5.02 Å². The number of hydrogen-bond acceptors (Lipinski definition) is 4. The maximum atomic E-state index is 12.9. The third-order valence-corrected chi connectivity index (χ3v) is 4.78. The molecule has 2 aromatic heterocycles. The standard InChI is InChI=1S/C19H23ClF3N3O2/c1-5-12-9-13(8-11(4)19(21,22)23)24-10-14(12)17-15(20)16(18(27)28-7-3)25-26(17)6-2/h9-11H,5-8H2,1-4H3/t11-/m1/s1. The lowest BCUT2D eigenvalue weighted by molar-refractivity contribution is -0.169. The predicted octanol–water partition coefficient (Wildman–Crippen LogP) is 5.10. The molecule has 0 aliphatic rings. The van der Waals surface area contributed by atoms with E-state index < -0.39 is 18.1 Å². The van der Waals surface area contributed by atoms with Gasteiger partial charge in [-0.05, 0) is 31.9 Å². The van der Waals surface area contributed by atoms with E-state index in [0.717, 1.165) is 12.5 Å². The van der Waals surface area contributed by atoms with Crippen LogP contribution >= 0.6 is 11.6 Å². The summed E-state index contributed by atoms with van der Waals surface area (Å²) in [5.41, 5.74) is 2.30. The molecule has 9 heteroatoms. The van der Waals surface area contributed by atoms with Gasteiger partial charge in [-0.1, -0.05) is 25.4 Å². The van der Waals surface area contributed by atoms with Crippen LogP contribution in [0.15, 0.2) is 12.3 Å². The molecule has 0 unspecified atom stereocenters. The molecule has 0 radical (unpaired) electrons. The summed E-state index contributed by atoms with van der Waals surface area (Å²) in [5.74, 6) is -2.11. The normalized spacial score (nSPS) is 12.9. The lowest BCUT2D eigenvalue weighted by atomic mass is 9.99. The molecular weight excluding hydrogens is 395 g/mol. The summed E-state index contributed by atoms with van der Waals surface area (Å²) in [5, 5.41) is 4.38. The predicted molar refractivity (Wildman–Crippen MR) is 100 cm³/mol. The van der Waals surface area contributed by atoms with E-state index in [1.165, 1.54) is 6.20 Å². The van der Waals surface area contributed by atoms with Gasteiger partial charge in [0.2, 0.25) is 0 Å². The highest BCUT2D eigenvalue weighted by Crippen LogP contribution is 2.35. The molecule has 0 amide bonds. The fraction of sp³-hybridized carbons (Fsp3) is 0.526. The van der Waals surface area contributed by atoms with E-state index in [1.807, 2.05) is 13.8 Å². The molecule has 5 nitrogen and oxygen atoms in total. The summed E-state index contributed by atoms with van der Waals surface area (Å²) >= 11 is 6.43. The number of pyridine rings is 1. The topological polar surface area (TPSA) is 57.0 Å². The molecule has 0 aliphatic heterocycles. The minimum absolute atomic E-state index is 0.0113. The van der Waals surface area contributed by atoms with Crippen molar-refractivity contribution in [3.63, 3.8) is 0 Å². The van der Waals surface area contributed by atoms with Crippen LogP contribution in [0.1, 0.15) is 49.4 Å². The number of carbonyl (C=O) groups is 1. The smallest absolute Gasteiger partial charge is 0.391 e. The maximum absolute atomic E-state index is 12.9. The fourth-order valence-electron chi connectivity index (χ4n) is 2.85. The zero-order valence-electron chi connectivity index (χ0n) is 16.2. The number of aromatic nitrogens is 3. The molecule has 2 aromatic rings. The van der Waals surface area contributed by atoms with Crippen LogP contribution in [0.25, 0.3) is 11.3 Å². The SMILES string of the molecule is CCOC(=O)c1nn(CC)c(-c2cnc(C[C@@H](C)C(F)(F)F)cc2CC)c1Cl. The van der Waals surface area contributed by atoms with Gasteiger partial charge in [-0.25, -0.2) is 4.79 Å². The summed E-state index contributed by atoms with van der Waals surface area (Å²) in [4.78, 5) is 16.3. The maximum Gasteiger partial charge on any atom is 0.391 e. The summed E-state index contributed by atoms with van der Waals surface area (Å²) in [6.45, 7) is 7.20. The molecule has 0 aliphatic carbocycles. The molecule has 0 fully saturated rings. The summed E-state index contributed by atoms with van der Waals surface area (Å²) in [7, 11) is 0. The van der Waals surface area contributed by atoms with Crippen molar-refractivity contribution in [1.82, 2.24) is 14.8 Å². The first kappa shape index (κ1) is 22.2. The molecule has 2 rings (SSSR count). The van der Waals surface area contributed by atoms with Gasteiger partial charge in [0.05, 0.1) is 18.2 Å². The van der Waals surface area contributed by atoms with Crippen LogP contribution < -0.4 is 0 Å². The first-order valence-corrected chi connectivity index (χ1v) is 9.49. The fourth-order valence-corrected chi connectivity index (χ4v) is 3.16. The van der Waals surface area contributed by atoms with Crippen LogP contribution in [0.5, 0.6) is 0 Å². The van der Waals surface area contributed by atoms with E-state index in [4.69, 9.17) is 16.3 Å². The lowest BCUT2D eigenvalue weighted by Gasteiger charge is -2.16. The molecule has 0 saturated heterocycles. The number of hydrogen-bond donors (Lipinski definition) is 0. The van der Waals surface area contributed by atoms with Gasteiger partial charge in [0, 0.05) is 30.4 Å². The number of esters is 1. The van der Waals surface area contributed by atoms with Crippen LogP contribution in [0.4, 0.5) is 13.2 Å². The Labute approximate surface area is 166 Å². The average Bonchev–Trinajstić information content (AvgIpc) is 2.97. The third-order valence-electron chi connectivity index (χ3n) is 4.42. The second kappa shape index (κ2) is 8.94. The van der Waals surface area contributed by atoms with Crippen molar-refractivity contribution in [2.24, 2.45) is 5.92 Å². The number of ether oxygens (including phenoxy) is 1. The van der Waals surface area contributed by atoms with E-state index in [9.17, 15) is 18.0 Å². The first-order chi connectivity index (χ1) is 13.1. The summed E-state index contributed by atoms with van der Waals surface area (Å²) < 4.78 is 45.1. The lowest BCUT2D eigenvalue weighted by Crippen LogP contribution is -2.22. The number of alkyl halides is 3. The molecule has 28 heavy (non-hydrogen) atoms. The number of carbonyl (C=O) groups excluding carboxylic acids is 1. The summed E-state index contributed by atoms with van der Waals surface area (Å²) in [6.07, 6.45) is -2.41. The van der Waals surface area contributed by atoms with Crippen molar-refractivity contribution in [3.8, 4) is 11.3 Å². The van der Waals surface area contributed by atoms with Crippen molar-refractivity contribution in [2.45, 2.75) is 53.3 Å². The quantitative estimate of drug-likeness (QED) is 0.588. The van der Waals surface area contributed by atoms with Crippen molar-refractivity contribution < 1.29 is 22.7 Å². The Morgan fingerprint density at radius 3 is 2.54 bits per heavy atom. The van der Waals surface area contributed by atoms with Gasteiger partial charge in [0.25, 0.3) is 0 Å². The van der Waals surface area contributed by atoms with Crippen LogP contribution in [0.3, 0.4) is 0 Å². The number of rotatable bonds is 7. The van der Waals surface area contributed by atoms with E-state index in [2.05, 4.69) is 10.1 Å². The molecule has 0 spiro atoms. The van der Waals surface area contributed by atoms with Gasteiger partial charge in [-0.15, -0.1) is 0 Å². The minimum Gasteiger partial charge on any atom is -0.461 e. The highest BCUT2D eigenvalue weighted by Gasteiger charge is 2.36. The Bertz CT molecular complexity index is 850. The molecule has 0 saturated carbocycles. The monoisotopic (exact) mass is 417 g/mol. The Hall–Kier alpha value is -2.09. The van der Waals surface area contributed by atoms with Crippen molar-refractivity contribution in [2.75, 3.05) is 6.61 Å². The number of aryl methyl sites for hydroxylation is 2. The Balaban J connectivity index is 2.49. The van der Waals surface area contributed by atoms with Crippen molar-refractivity contribution in [1.29, 1.82) is 0 Å². The largest absolute Gasteiger partial charge is 0.461 e. The molecular formula is C19H23ClF3N3O2. The Morgan fingerprint density at radius 1 is 1.32 bits per heavy atom. The van der Waals surface area contributed by atoms with Crippen LogP contribution in [0, 0.1) is 5.92 Å². The minimum atomic E-state index is -4.27. The molecule has 0 bridgehead atoms. The third kappa shape index (κ3) is 4.66. The van der Waals surface area contributed by atoms with E-state index >= 15 is 0 Å².